The van der Waals surface area contributed by atoms with Gasteiger partial charge in [0, 0.05) is 17.8 Å². The van der Waals surface area contributed by atoms with Gasteiger partial charge in [-0.3, -0.25) is 4.79 Å². The molecule has 0 aliphatic rings. The van der Waals surface area contributed by atoms with Crippen LogP contribution in [0.3, 0.4) is 0 Å². The second-order valence-corrected chi connectivity index (χ2v) is 9.00. The van der Waals surface area contributed by atoms with Gasteiger partial charge in [-0.2, -0.15) is 5.10 Å². The second kappa shape index (κ2) is 8.39. The molecule has 7 heteroatoms. The van der Waals surface area contributed by atoms with Crippen LogP contribution in [0.25, 0.3) is 15.9 Å². The molecule has 0 unspecified atom stereocenters. The summed E-state index contributed by atoms with van der Waals surface area (Å²) in [6, 6.07) is 16.1. The molecule has 0 spiro atoms. The van der Waals surface area contributed by atoms with E-state index in [-0.39, 0.29) is 5.91 Å². The Morgan fingerprint density at radius 1 is 1.14 bits per heavy atom. The third-order valence-electron chi connectivity index (χ3n) is 4.66. The number of amides is 1. The van der Waals surface area contributed by atoms with Crippen LogP contribution in [-0.2, 0) is 11.2 Å². The summed E-state index contributed by atoms with van der Waals surface area (Å²) in [6.07, 6.45) is 3.16. The molecule has 2 aromatic heterocycles. The Morgan fingerprint density at radius 3 is 2.62 bits per heavy atom. The third-order valence-corrected chi connectivity index (χ3v) is 6.66. The largest absolute Gasteiger partial charge is 0.326 e. The Balaban J connectivity index is 1.36. The van der Waals surface area contributed by atoms with E-state index in [2.05, 4.69) is 33.6 Å². The van der Waals surface area contributed by atoms with Crippen LogP contribution in [0.1, 0.15) is 23.4 Å². The van der Waals surface area contributed by atoms with Gasteiger partial charge in [0.15, 0.2) is 4.34 Å². The summed E-state index contributed by atoms with van der Waals surface area (Å²) in [6.45, 7) is 4.04. The Hall–Kier alpha value is -2.64. The molecule has 2 heterocycles. The van der Waals surface area contributed by atoms with Crippen LogP contribution in [0.5, 0.6) is 0 Å². The van der Waals surface area contributed by atoms with Crippen LogP contribution >= 0.6 is 23.1 Å². The van der Waals surface area contributed by atoms with Gasteiger partial charge in [-0.15, -0.1) is 11.3 Å². The van der Waals surface area contributed by atoms with Crippen molar-refractivity contribution in [1.82, 2.24) is 14.8 Å². The number of hydrogen-bond donors (Lipinski definition) is 1. The highest BCUT2D eigenvalue weighted by atomic mass is 32.2. The van der Waals surface area contributed by atoms with Gasteiger partial charge >= 0.3 is 0 Å². The summed E-state index contributed by atoms with van der Waals surface area (Å²) in [7, 11) is 0. The van der Waals surface area contributed by atoms with E-state index < -0.39 is 0 Å². The summed E-state index contributed by atoms with van der Waals surface area (Å²) >= 11 is 3.28. The molecule has 2 aromatic carbocycles. The number of thioether (sulfide) groups is 1. The smallest absolute Gasteiger partial charge is 0.224 e. The fourth-order valence-electron chi connectivity index (χ4n) is 3.24. The lowest BCUT2D eigenvalue weighted by Crippen LogP contribution is -2.12. The molecular formula is C22H22N4OS2. The normalized spacial score (nSPS) is 11.1. The number of hydrogen-bond acceptors (Lipinski definition) is 5. The molecule has 4 rings (SSSR count). The van der Waals surface area contributed by atoms with Gasteiger partial charge < -0.3 is 5.32 Å². The number of rotatable bonds is 6. The minimum Gasteiger partial charge on any atom is -0.326 e. The van der Waals surface area contributed by atoms with Crippen LogP contribution in [0.2, 0.25) is 0 Å². The lowest BCUT2D eigenvalue weighted by atomic mass is 10.1. The fourth-order valence-corrected chi connectivity index (χ4v) is 4.77. The Morgan fingerprint density at radius 2 is 1.93 bits per heavy atom. The van der Waals surface area contributed by atoms with Crippen LogP contribution < -0.4 is 5.32 Å². The van der Waals surface area contributed by atoms with Crippen molar-refractivity contribution in [1.29, 1.82) is 0 Å². The molecule has 29 heavy (non-hydrogen) atoms. The van der Waals surface area contributed by atoms with Gasteiger partial charge in [-0.1, -0.05) is 23.9 Å². The van der Waals surface area contributed by atoms with Crippen molar-refractivity contribution in [3.05, 3.63) is 65.5 Å². The third kappa shape index (κ3) is 4.52. The number of carbonyl (C=O) groups excluding carboxylic acids is 1. The molecule has 0 bridgehead atoms. The number of nitrogens with one attached hydrogen (secondary N) is 1. The molecule has 1 N–H and O–H groups in total. The first kappa shape index (κ1) is 19.7. The SMILES string of the molecule is CSc1nc2ccc(NC(=O)CCc3ccc(-n4nc(C)cc4C)cc3)cc2s1. The molecule has 0 saturated heterocycles. The van der Waals surface area contributed by atoms with E-state index in [1.165, 1.54) is 0 Å². The summed E-state index contributed by atoms with van der Waals surface area (Å²) in [5.74, 6) is 0.0153. The monoisotopic (exact) mass is 422 g/mol. The van der Waals surface area contributed by atoms with Crippen LogP contribution in [0.15, 0.2) is 52.9 Å². The Kier molecular flexibility index (Phi) is 5.69. The maximum absolute atomic E-state index is 12.4. The topological polar surface area (TPSA) is 59.8 Å². The molecular weight excluding hydrogens is 400 g/mol. The number of aryl methyl sites for hydroxylation is 3. The van der Waals surface area contributed by atoms with Crippen molar-refractivity contribution in [2.45, 2.75) is 31.0 Å². The fraction of sp³-hybridized carbons (Fsp3) is 0.227. The highest BCUT2D eigenvalue weighted by Gasteiger charge is 2.08. The molecule has 0 aliphatic heterocycles. The number of aromatic nitrogens is 3. The maximum Gasteiger partial charge on any atom is 0.224 e. The van der Waals surface area contributed by atoms with E-state index in [0.29, 0.717) is 12.8 Å². The minimum absolute atomic E-state index is 0.0153. The van der Waals surface area contributed by atoms with Gasteiger partial charge in [-0.25, -0.2) is 9.67 Å². The molecule has 5 nitrogen and oxygen atoms in total. The molecule has 0 fully saturated rings. The van der Waals surface area contributed by atoms with E-state index in [1.807, 2.05) is 55.1 Å². The van der Waals surface area contributed by atoms with Gasteiger partial charge in [0.05, 0.1) is 21.6 Å². The number of fused-ring (bicyclic) bond motifs is 1. The summed E-state index contributed by atoms with van der Waals surface area (Å²) in [5, 5.41) is 7.51. The van der Waals surface area contributed by atoms with E-state index in [9.17, 15) is 4.79 Å². The molecule has 148 valence electrons. The number of benzene rings is 2. The van der Waals surface area contributed by atoms with E-state index in [0.717, 1.165) is 42.9 Å². The molecule has 1 amide bonds. The van der Waals surface area contributed by atoms with Gasteiger partial charge in [0.1, 0.15) is 0 Å². The Labute approximate surface area is 178 Å². The van der Waals surface area contributed by atoms with Crippen LogP contribution in [0.4, 0.5) is 5.69 Å². The average Bonchev–Trinajstić information content (AvgIpc) is 3.28. The van der Waals surface area contributed by atoms with Crippen LogP contribution in [0, 0.1) is 13.8 Å². The van der Waals surface area contributed by atoms with Gasteiger partial charge in [0.2, 0.25) is 5.91 Å². The second-order valence-electron chi connectivity index (χ2n) is 6.92. The number of carbonyl (C=O) groups is 1. The number of anilines is 1. The quantitative estimate of drug-likeness (QED) is 0.423. The highest BCUT2D eigenvalue weighted by molar-refractivity contribution is 8.00. The van der Waals surface area contributed by atoms with Crippen molar-refractivity contribution < 1.29 is 4.79 Å². The average molecular weight is 423 g/mol. The van der Waals surface area contributed by atoms with E-state index in [4.69, 9.17) is 0 Å². The summed E-state index contributed by atoms with van der Waals surface area (Å²) in [4.78, 5) is 16.9. The van der Waals surface area contributed by atoms with Crippen molar-refractivity contribution in [3.8, 4) is 5.69 Å². The Bertz CT molecular complexity index is 1160. The zero-order chi connectivity index (χ0) is 20.4. The highest BCUT2D eigenvalue weighted by Crippen LogP contribution is 2.30. The van der Waals surface area contributed by atoms with Crippen molar-refractivity contribution in [2.75, 3.05) is 11.6 Å². The van der Waals surface area contributed by atoms with Crippen molar-refractivity contribution >= 4 is 44.9 Å². The zero-order valence-corrected chi connectivity index (χ0v) is 18.2. The minimum atomic E-state index is 0.0153. The van der Waals surface area contributed by atoms with Crippen LogP contribution in [-0.4, -0.2) is 26.9 Å². The van der Waals surface area contributed by atoms with E-state index in [1.54, 1.807) is 23.1 Å². The predicted octanol–water partition coefficient (Wildman–Crippen LogP) is 5.39. The first-order valence-corrected chi connectivity index (χ1v) is 11.4. The summed E-state index contributed by atoms with van der Waals surface area (Å²) < 4.78 is 4.06. The molecule has 4 aromatic rings. The molecule has 0 atom stereocenters. The van der Waals surface area contributed by atoms with Crippen molar-refractivity contribution in [2.24, 2.45) is 0 Å². The number of thiazole rings is 1. The number of nitrogens with zero attached hydrogens (tertiary/aromatic N) is 3. The lowest BCUT2D eigenvalue weighted by molar-refractivity contribution is -0.116. The predicted molar refractivity (Wildman–Crippen MR) is 121 cm³/mol. The molecule has 0 saturated carbocycles. The summed E-state index contributed by atoms with van der Waals surface area (Å²) in [5.41, 5.74) is 6.07. The first-order chi connectivity index (χ1) is 14.0. The first-order valence-electron chi connectivity index (χ1n) is 9.39. The zero-order valence-electron chi connectivity index (χ0n) is 16.6. The molecule has 0 radical (unpaired) electrons. The molecule has 0 aliphatic carbocycles. The lowest BCUT2D eigenvalue weighted by Gasteiger charge is -2.07. The van der Waals surface area contributed by atoms with Gasteiger partial charge in [0.25, 0.3) is 0 Å². The van der Waals surface area contributed by atoms with Crippen molar-refractivity contribution in [3.63, 3.8) is 0 Å². The standard InChI is InChI=1S/C22H22N4OS2/c1-14-12-15(2)26(25-14)18-8-4-16(5-9-18)6-11-21(27)23-17-7-10-19-20(13-17)29-22(24-19)28-3/h4-5,7-10,12-13H,6,11H2,1-3H3,(H,23,27). The van der Waals surface area contributed by atoms with Gasteiger partial charge in [-0.05, 0) is 68.5 Å². The maximum atomic E-state index is 12.4. The van der Waals surface area contributed by atoms with E-state index >= 15 is 0 Å².